The number of nitrogens with one attached hydrogen (secondary N) is 2. The van der Waals surface area contributed by atoms with Crippen molar-refractivity contribution in [2.75, 3.05) is 39.9 Å². The highest BCUT2D eigenvalue weighted by Crippen LogP contribution is 2.28. The Morgan fingerprint density at radius 2 is 2.00 bits per heavy atom. The van der Waals surface area contributed by atoms with Gasteiger partial charge < -0.3 is 15.4 Å². The zero-order chi connectivity index (χ0) is 11.1. The average molecular weight is 214 g/mol. The van der Waals surface area contributed by atoms with Crippen LogP contribution in [0.5, 0.6) is 0 Å². The van der Waals surface area contributed by atoms with Crippen molar-refractivity contribution in [1.82, 2.24) is 10.6 Å². The van der Waals surface area contributed by atoms with E-state index in [1.165, 1.54) is 12.8 Å². The summed E-state index contributed by atoms with van der Waals surface area (Å²) in [5, 5.41) is 6.99. The minimum Gasteiger partial charge on any atom is -0.384 e. The van der Waals surface area contributed by atoms with Crippen LogP contribution in [0.15, 0.2) is 0 Å². The number of rotatable bonds is 6. The first-order valence-electron chi connectivity index (χ1n) is 6.09. The molecule has 1 aliphatic heterocycles. The van der Waals surface area contributed by atoms with Crippen LogP contribution in [0.2, 0.25) is 0 Å². The van der Waals surface area contributed by atoms with Gasteiger partial charge >= 0.3 is 0 Å². The molecular formula is C12H26N2O. The van der Waals surface area contributed by atoms with E-state index in [4.69, 9.17) is 4.74 Å². The van der Waals surface area contributed by atoms with E-state index in [0.29, 0.717) is 5.41 Å². The summed E-state index contributed by atoms with van der Waals surface area (Å²) < 4.78 is 5.37. The second-order valence-corrected chi connectivity index (χ2v) is 5.21. The van der Waals surface area contributed by atoms with Crippen molar-refractivity contribution in [3.8, 4) is 0 Å². The summed E-state index contributed by atoms with van der Waals surface area (Å²) in [6.07, 6.45) is 2.46. The quantitative estimate of drug-likeness (QED) is 0.698. The molecule has 15 heavy (non-hydrogen) atoms. The van der Waals surface area contributed by atoms with E-state index in [0.717, 1.165) is 38.7 Å². The standard InChI is InChI=1S/C12H26N2O/c1-11(2)8-14-9-12(10-15-3)4-6-13-7-5-12/h11,13-14H,4-10H2,1-3H3. The first kappa shape index (κ1) is 12.9. The Morgan fingerprint density at radius 1 is 1.33 bits per heavy atom. The SMILES string of the molecule is COCC1(CNCC(C)C)CCNCC1. The third kappa shape index (κ3) is 4.49. The van der Waals surface area contributed by atoms with E-state index in [1.807, 2.05) is 7.11 Å². The topological polar surface area (TPSA) is 33.3 Å². The molecule has 0 unspecified atom stereocenters. The Labute approximate surface area is 94.0 Å². The van der Waals surface area contributed by atoms with Crippen LogP contribution in [0.3, 0.4) is 0 Å². The maximum atomic E-state index is 5.37. The normalized spacial score (nSPS) is 20.8. The summed E-state index contributed by atoms with van der Waals surface area (Å²) in [4.78, 5) is 0. The van der Waals surface area contributed by atoms with E-state index in [-0.39, 0.29) is 0 Å². The summed E-state index contributed by atoms with van der Waals surface area (Å²) >= 11 is 0. The van der Waals surface area contributed by atoms with E-state index in [9.17, 15) is 0 Å². The third-order valence-corrected chi connectivity index (χ3v) is 3.17. The van der Waals surface area contributed by atoms with Gasteiger partial charge in [-0.25, -0.2) is 0 Å². The van der Waals surface area contributed by atoms with Crippen LogP contribution in [-0.4, -0.2) is 39.9 Å². The van der Waals surface area contributed by atoms with Crippen LogP contribution in [-0.2, 0) is 4.74 Å². The highest BCUT2D eigenvalue weighted by atomic mass is 16.5. The number of ether oxygens (including phenoxy) is 1. The molecule has 0 spiro atoms. The fourth-order valence-corrected chi connectivity index (χ4v) is 2.26. The Kier molecular flexibility index (Phi) is 5.58. The van der Waals surface area contributed by atoms with Gasteiger partial charge in [0.05, 0.1) is 6.61 Å². The molecule has 0 aromatic carbocycles. The predicted octanol–water partition coefficient (Wildman–Crippen LogP) is 1.25. The fourth-order valence-electron chi connectivity index (χ4n) is 2.26. The second-order valence-electron chi connectivity index (χ2n) is 5.21. The van der Waals surface area contributed by atoms with Gasteiger partial charge in [0.25, 0.3) is 0 Å². The van der Waals surface area contributed by atoms with E-state index < -0.39 is 0 Å². The van der Waals surface area contributed by atoms with Crippen LogP contribution in [0.1, 0.15) is 26.7 Å². The van der Waals surface area contributed by atoms with Crippen LogP contribution >= 0.6 is 0 Å². The van der Waals surface area contributed by atoms with Crippen molar-refractivity contribution in [1.29, 1.82) is 0 Å². The van der Waals surface area contributed by atoms with Crippen LogP contribution in [0.4, 0.5) is 0 Å². The minimum absolute atomic E-state index is 0.370. The lowest BCUT2D eigenvalue weighted by Crippen LogP contribution is -2.46. The molecular weight excluding hydrogens is 188 g/mol. The largest absolute Gasteiger partial charge is 0.384 e. The molecule has 1 saturated heterocycles. The summed E-state index contributed by atoms with van der Waals surface area (Å²) in [7, 11) is 1.81. The first-order valence-corrected chi connectivity index (χ1v) is 6.09. The van der Waals surface area contributed by atoms with Gasteiger partial charge in [0.15, 0.2) is 0 Å². The van der Waals surface area contributed by atoms with Crippen LogP contribution in [0.25, 0.3) is 0 Å². The zero-order valence-electron chi connectivity index (χ0n) is 10.4. The highest BCUT2D eigenvalue weighted by molar-refractivity contribution is 4.86. The molecule has 0 aromatic rings. The van der Waals surface area contributed by atoms with Gasteiger partial charge in [-0.1, -0.05) is 13.8 Å². The molecule has 0 atom stereocenters. The molecule has 0 bridgehead atoms. The van der Waals surface area contributed by atoms with Crippen molar-refractivity contribution < 1.29 is 4.74 Å². The Bertz CT molecular complexity index is 159. The average Bonchev–Trinajstić information content (AvgIpc) is 2.19. The van der Waals surface area contributed by atoms with Gasteiger partial charge in [-0.15, -0.1) is 0 Å². The van der Waals surface area contributed by atoms with E-state index in [2.05, 4.69) is 24.5 Å². The van der Waals surface area contributed by atoms with Crippen molar-refractivity contribution in [2.24, 2.45) is 11.3 Å². The van der Waals surface area contributed by atoms with Crippen LogP contribution in [0, 0.1) is 11.3 Å². The Balaban J connectivity index is 2.34. The fraction of sp³-hybridized carbons (Fsp3) is 1.00. The monoisotopic (exact) mass is 214 g/mol. The molecule has 1 aliphatic rings. The predicted molar refractivity (Wildman–Crippen MR) is 64.1 cm³/mol. The lowest BCUT2D eigenvalue weighted by Gasteiger charge is -2.37. The van der Waals surface area contributed by atoms with Gasteiger partial charge in [0.2, 0.25) is 0 Å². The smallest absolute Gasteiger partial charge is 0.0531 e. The first-order chi connectivity index (χ1) is 7.18. The van der Waals surface area contributed by atoms with Gasteiger partial charge in [0, 0.05) is 19.1 Å². The summed E-state index contributed by atoms with van der Waals surface area (Å²) in [6.45, 7) is 9.86. The number of hydrogen-bond donors (Lipinski definition) is 2. The van der Waals surface area contributed by atoms with Gasteiger partial charge in [0.1, 0.15) is 0 Å². The lowest BCUT2D eigenvalue weighted by molar-refractivity contribution is 0.0532. The third-order valence-electron chi connectivity index (χ3n) is 3.17. The van der Waals surface area contributed by atoms with Crippen molar-refractivity contribution in [2.45, 2.75) is 26.7 Å². The lowest BCUT2D eigenvalue weighted by atomic mass is 9.79. The molecule has 3 nitrogen and oxygen atoms in total. The molecule has 0 radical (unpaired) electrons. The number of hydrogen-bond acceptors (Lipinski definition) is 3. The van der Waals surface area contributed by atoms with Gasteiger partial charge in [-0.2, -0.15) is 0 Å². The molecule has 2 N–H and O–H groups in total. The number of methoxy groups -OCH3 is 1. The van der Waals surface area contributed by atoms with Crippen LogP contribution < -0.4 is 10.6 Å². The van der Waals surface area contributed by atoms with Gasteiger partial charge in [-0.05, 0) is 38.4 Å². The zero-order valence-corrected chi connectivity index (χ0v) is 10.4. The van der Waals surface area contributed by atoms with E-state index in [1.54, 1.807) is 0 Å². The summed E-state index contributed by atoms with van der Waals surface area (Å²) in [6, 6.07) is 0. The molecule has 0 saturated carbocycles. The Morgan fingerprint density at radius 3 is 2.53 bits per heavy atom. The molecule has 90 valence electrons. The highest BCUT2D eigenvalue weighted by Gasteiger charge is 2.31. The van der Waals surface area contributed by atoms with Crippen molar-refractivity contribution in [3.05, 3.63) is 0 Å². The summed E-state index contributed by atoms with van der Waals surface area (Å²) in [5.74, 6) is 0.728. The molecule has 1 heterocycles. The maximum absolute atomic E-state index is 5.37. The van der Waals surface area contributed by atoms with Crippen molar-refractivity contribution >= 4 is 0 Å². The summed E-state index contributed by atoms with van der Waals surface area (Å²) in [5.41, 5.74) is 0.370. The maximum Gasteiger partial charge on any atom is 0.0531 e. The second kappa shape index (κ2) is 6.46. The molecule has 1 fully saturated rings. The molecule has 3 heteroatoms. The Hall–Kier alpha value is -0.120. The molecule has 0 amide bonds. The van der Waals surface area contributed by atoms with E-state index >= 15 is 0 Å². The van der Waals surface area contributed by atoms with Gasteiger partial charge in [-0.3, -0.25) is 0 Å². The molecule has 0 aromatic heterocycles. The number of piperidine rings is 1. The molecule has 1 rings (SSSR count). The minimum atomic E-state index is 0.370. The molecule has 0 aliphatic carbocycles. The van der Waals surface area contributed by atoms with Crippen molar-refractivity contribution in [3.63, 3.8) is 0 Å².